The Hall–Kier alpha value is -1.31. The van der Waals surface area contributed by atoms with Crippen molar-refractivity contribution >= 4 is 15.9 Å². The second-order valence-electron chi connectivity index (χ2n) is 3.88. The lowest BCUT2D eigenvalue weighted by Crippen LogP contribution is -2.23. The fourth-order valence-electron chi connectivity index (χ4n) is 1.38. The standard InChI is InChI=1S/C11H11BrFN3O2/c1-5(17)9(14)11-15-10(16-18-11)6-2-7(12)4-8(13)3-6/h2-5,9,17H,14H2,1H3/t5-,9+/m1/s1. The van der Waals surface area contributed by atoms with Crippen molar-refractivity contribution in [1.82, 2.24) is 10.1 Å². The van der Waals surface area contributed by atoms with E-state index in [0.29, 0.717) is 10.0 Å². The molecule has 2 rings (SSSR count). The molecule has 0 amide bonds. The quantitative estimate of drug-likeness (QED) is 0.905. The molecule has 18 heavy (non-hydrogen) atoms. The summed E-state index contributed by atoms with van der Waals surface area (Å²) in [5.41, 5.74) is 6.13. The van der Waals surface area contributed by atoms with Crippen molar-refractivity contribution in [3.63, 3.8) is 0 Å². The number of aliphatic hydroxyl groups is 1. The number of hydrogen-bond donors (Lipinski definition) is 2. The van der Waals surface area contributed by atoms with Gasteiger partial charge in [0.25, 0.3) is 0 Å². The minimum Gasteiger partial charge on any atom is -0.391 e. The fraction of sp³-hybridized carbons (Fsp3) is 0.273. The Morgan fingerprint density at radius 1 is 1.44 bits per heavy atom. The largest absolute Gasteiger partial charge is 0.391 e. The van der Waals surface area contributed by atoms with E-state index in [-0.39, 0.29) is 11.7 Å². The van der Waals surface area contributed by atoms with Crippen molar-refractivity contribution in [1.29, 1.82) is 0 Å². The van der Waals surface area contributed by atoms with E-state index in [1.807, 2.05) is 0 Å². The van der Waals surface area contributed by atoms with Crippen LogP contribution in [0.2, 0.25) is 0 Å². The second kappa shape index (κ2) is 5.13. The summed E-state index contributed by atoms with van der Waals surface area (Å²) >= 11 is 3.18. The molecule has 0 bridgehead atoms. The third-order valence-corrected chi connectivity index (χ3v) is 2.83. The lowest BCUT2D eigenvalue weighted by Gasteiger charge is -2.08. The SMILES string of the molecule is C[C@@H](O)[C@H](N)c1nc(-c2cc(F)cc(Br)c2)no1. The number of hydrogen-bond acceptors (Lipinski definition) is 5. The van der Waals surface area contributed by atoms with Crippen LogP contribution < -0.4 is 5.73 Å². The van der Waals surface area contributed by atoms with Gasteiger partial charge in [-0.05, 0) is 25.1 Å². The molecule has 0 unspecified atom stereocenters. The summed E-state index contributed by atoms with van der Waals surface area (Å²) in [6.45, 7) is 1.52. The highest BCUT2D eigenvalue weighted by molar-refractivity contribution is 9.10. The fourth-order valence-corrected chi connectivity index (χ4v) is 1.84. The van der Waals surface area contributed by atoms with E-state index in [0.717, 1.165) is 0 Å². The van der Waals surface area contributed by atoms with Gasteiger partial charge in [0.15, 0.2) is 0 Å². The Morgan fingerprint density at radius 3 is 2.78 bits per heavy atom. The minimum atomic E-state index is -0.808. The van der Waals surface area contributed by atoms with E-state index in [1.165, 1.54) is 19.1 Å². The summed E-state index contributed by atoms with van der Waals surface area (Å²) < 4.78 is 18.7. The Morgan fingerprint density at radius 2 is 2.17 bits per heavy atom. The molecule has 1 aromatic heterocycles. The van der Waals surface area contributed by atoms with Gasteiger partial charge in [0.1, 0.15) is 11.9 Å². The van der Waals surface area contributed by atoms with E-state index >= 15 is 0 Å². The zero-order valence-corrected chi connectivity index (χ0v) is 11.1. The molecule has 0 spiro atoms. The number of benzene rings is 1. The molecule has 0 aliphatic carbocycles. The Kier molecular flexibility index (Phi) is 3.74. The molecule has 0 fully saturated rings. The Balaban J connectivity index is 2.35. The number of aromatic nitrogens is 2. The lowest BCUT2D eigenvalue weighted by atomic mass is 10.2. The monoisotopic (exact) mass is 315 g/mol. The van der Waals surface area contributed by atoms with Gasteiger partial charge < -0.3 is 15.4 Å². The van der Waals surface area contributed by atoms with E-state index < -0.39 is 18.0 Å². The van der Waals surface area contributed by atoms with Gasteiger partial charge in [-0.15, -0.1) is 0 Å². The summed E-state index contributed by atoms with van der Waals surface area (Å²) in [7, 11) is 0. The molecule has 96 valence electrons. The highest BCUT2D eigenvalue weighted by Crippen LogP contribution is 2.23. The number of halogens is 2. The van der Waals surface area contributed by atoms with Crippen molar-refractivity contribution in [3.05, 3.63) is 34.4 Å². The minimum absolute atomic E-state index is 0.111. The average Bonchev–Trinajstić information content (AvgIpc) is 2.75. The van der Waals surface area contributed by atoms with Gasteiger partial charge in [-0.1, -0.05) is 21.1 Å². The molecule has 0 radical (unpaired) electrons. The van der Waals surface area contributed by atoms with Crippen LogP contribution in [0.1, 0.15) is 18.9 Å². The van der Waals surface area contributed by atoms with E-state index in [1.54, 1.807) is 6.07 Å². The summed E-state index contributed by atoms with van der Waals surface area (Å²) in [5, 5.41) is 13.0. The van der Waals surface area contributed by atoms with Gasteiger partial charge in [-0.25, -0.2) is 4.39 Å². The number of rotatable bonds is 3. The maximum atomic E-state index is 13.2. The molecular formula is C11H11BrFN3O2. The number of aliphatic hydroxyl groups excluding tert-OH is 1. The van der Waals surface area contributed by atoms with Crippen LogP contribution in [0.4, 0.5) is 4.39 Å². The van der Waals surface area contributed by atoms with Crippen molar-refractivity contribution in [2.24, 2.45) is 5.73 Å². The molecule has 0 aliphatic rings. The van der Waals surface area contributed by atoms with Crippen LogP contribution in [0, 0.1) is 5.82 Å². The molecule has 0 saturated heterocycles. The van der Waals surface area contributed by atoms with Crippen molar-refractivity contribution < 1.29 is 14.0 Å². The predicted octanol–water partition coefficient (Wildman–Crippen LogP) is 2.02. The molecule has 0 aliphatic heterocycles. The molecule has 0 saturated carbocycles. The van der Waals surface area contributed by atoms with Crippen LogP contribution in [0.5, 0.6) is 0 Å². The summed E-state index contributed by atoms with van der Waals surface area (Å²) in [6.07, 6.45) is -0.808. The van der Waals surface area contributed by atoms with Gasteiger partial charge >= 0.3 is 0 Å². The van der Waals surface area contributed by atoms with Crippen LogP contribution in [0.3, 0.4) is 0 Å². The molecule has 1 aromatic carbocycles. The highest BCUT2D eigenvalue weighted by Gasteiger charge is 2.20. The Labute approximate surface area is 111 Å². The van der Waals surface area contributed by atoms with Crippen LogP contribution in [0.15, 0.2) is 27.2 Å². The van der Waals surface area contributed by atoms with E-state index in [9.17, 15) is 9.50 Å². The number of nitrogens with two attached hydrogens (primary N) is 1. The third-order valence-electron chi connectivity index (χ3n) is 2.37. The predicted molar refractivity (Wildman–Crippen MR) is 66.0 cm³/mol. The maximum Gasteiger partial charge on any atom is 0.246 e. The first-order valence-corrected chi connectivity index (χ1v) is 6.00. The zero-order chi connectivity index (χ0) is 13.3. The normalized spacial score (nSPS) is 14.5. The molecule has 7 heteroatoms. The van der Waals surface area contributed by atoms with Gasteiger partial charge in [0, 0.05) is 10.0 Å². The molecule has 1 heterocycles. The summed E-state index contributed by atoms with van der Waals surface area (Å²) in [4.78, 5) is 4.03. The average molecular weight is 316 g/mol. The lowest BCUT2D eigenvalue weighted by molar-refractivity contribution is 0.146. The van der Waals surface area contributed by atoms with Crippen LogP contribution >= 0.6 is 15.9 Å². The van der Waals surface area contributed by atoms with Crippen LogP contribution in [0.25, 0.3) is 11.4 Å². The van der Waals surface area contributed by atoms with Crippen molar-refractivity contribution in [3.8, 4) is 11.4 Å². The van der Waals surface area contributed by atoms with Crippen molar-refractivity contribution in [2.45, 2.75) is 19.1 Å². The van der Waals surface area contributed by atoms with E-state index in [2.05, 4.69) is 26.1 Å². The number of nitrogens with zero attached hydrogens (tertiary/aromatic N) is 2. The van der Waals surface area contributed by atoms with E-state index in [4.69, 9.17) is 10.3 Å². The van der Waals surface area contributed by atoms with Gasteiger partial charge in [0.2, 0.25) is 11.7 Å². The first-order chi connectivity index (χ1) is 8.47. The molecule has 2 aromatic rings. The van der Waals surface area contributed by atoms with Gasteiger partial charge in [0.05, 0.1) is 6.10 Å². The molecule has 3 N–H and O–H groups in total. The zero-order valence-electron chi connectivity index (χ0n) is 9.47. The topological polar surface area (TPSA) is 85.2 Å². The summed E-state index contributed by atoms with van der Waals surface area (Å²) in [6, 6.07) is 3.51. The maximum absolute atomic E-state index is 13.2. The third kappa shape index (κ3) is 2.74. The smallest absolute Gasteiger partial charge is 0.246 e. The van der Waals surface area contributed by atoms with Crippen LogP contribution in [-0.4, -0.2) is 21.4 Å². The molecule has 2 atom stereocenters. The Bertz CT molecular complexity index is 539. The van der Waals surface area contributed by atoms with Crippen molar-refractivity contribution in [2.75, 3.05) is 0 Å². The van der Waals surface area contributed by atoms with Gasteiger partial charge in [-0.3, -0.25) is 0 Å². The first-order valence-electron chi connectivity index (χ1n) is 5.21. The summed E-state index contributed by atoms with van der Waals surface area (Å²) in [5.74, 6) is -0.0766. The first kappa shape index (κ1) is 13.1. The van der Waals surface area contributed by atoms with Crippen LogP contribution in [-0.2, 0) is 0 Å². The van der Waals surface area contributed by atoms with Gasteiger partial charge in [-0.2, -0.15) is 4.98 Å². The molecule has 5 nitrogen and oxygen atoms in total. The second-order valence-corrected chi connectivity index (χ2v) is 4.80. The molecular weight excluding hydrogens is 305 g/mol. The highest BCUT2D eigenvalue weighted by atomic mass is 79.9.